The molecule has 0 aliphatic heterocycles. The Morgan fingerprint density at radius 1 is 1.19 bits per heavy atom. The molecule has 0 spiro atoms. The van der Waals surface area contributed by atoms with Gasteiger partial charge in [0.1, 0.15) is 11.5 Å². The van der Waals surface area contributed by atoms with E-state index in [9.17, 15) is 9.90 Å². The third-order valence-electron chi connectivity index (χ3n) is 3.08. The molecule has 0 heterocycles. The molecule has 0 aliphatic rings. The zero-order valence-electron chi connectivity index (χ0n) is 11.6. The van der Waals surface area contributed by atoms with Crippen LogP contribution >= 0.6 is 11.6 Å². The van der Waals surface area contributed by atoms with Crippen LogP contribution in [0.15, 0.2) is 42.5 Å². The van der Waals surface area contributed by atoms with E-state index in [1.54, 1.807) is 6.07 Å². The monoisotopic (exact) mass is 305 g/mol. The van der Waals surface area contributed by atoms with Gasteiger partial charge in [-0.3, -0.25) is 4.79 Å². The number of phenolic OH excluding ortho intramolecular Hbond substituents is 1. The maximum Gasteiger partial charge on any atom is 0.255 e. The highest BCUT2D eigenvalue weighted by molar-refractivity contribution is 6.17. The van der Waals surface area contributed by atoms with Crippen molar-refractivity contribution in [2.75, 3.05) is 7.11 Å². The molecule has 2 aromatic carbocycles. The smallest absolute Gasteiger partial charge is 0.255 e. The van der Waals surface area contributed by atoms with E-state index in [0.29, 0.717) is 18.2 Å². The molecule has 0 saturated carbocycles. The second-order valence-electron chi connectivity index (χ2n) is 4.52. The van der Waals surface area contributed by atoms with Crippen LogP contribution in [-0.2, 0) is 12.4 Å². The van der Waals surface area contributed by atoms with Crippen molar-refractivity contribution in [3.63, 3.8) is 0 Å². The average Bonchev–Trinajstić information content (AvgIpc) is 2.52. The van der Waals surface area contributed by atoms with Crippen LogP contribution in [-0.4, -0.2) is 18.1 Å². The van der Waals surface area contributed by atoms with Gasteiger partial charge in [-0.05, 0) is 23.3 Å². The summed E-state index contributed by atoms with van der Waals surface area (Å²) in [5, 5.41) is 12.6. The molecule has 0 radical (unpaired) electrons. The van der Waals surface area contributed by atoms with Crippen molar-refractivity contribution in [3.05, 3.63) is 59.2 Å². The number of amides is 1. The molecule has 21 heavy (non-hydrogen) atoms. The van der Waals surface area contributed by atoms with Crippen molar-refractivity contribution in [2.45, 2.75) is 12.4 Å². The summed E-state index contributed by atoms with van der Waals surface area (Å²) in [6.07, 6.45) is 0. The Labute approximate surface area is 128 Å². The van der Waals surface area contributed by atoms with Crippen LogP contribution in [0.25, 0.3) is 0 Å². The molecule has 2 N–H and O–H groups in total. The van der Waals surface area contributed by atoms with E-state index in [1.165, 1.54) is 19.2 Å². The highest BCUT2D eigenvalue weighted by Crippen LogP contribution is 2.23. The van der Waals surface area contributed by atoms with Gasteiger partial charge in [-0.25, -0.2) is 0 Å². The van der Waals surface area contributed by atoms with Gasteiger partial charge in [0.2, 0.25) is 0 Å². The van der Waals surface area contributed by atoms with E-state index < -0.39 is 0 Å². The number of halogens is 1. The molecule has 0 fully saturated rings. The quantitative estimate of drug-likeness (QED) is 0.835. The van der Waals surface area contributed by atoms with Crippen LogP contribution in [0.3, 0.4) is 0 Å². The molecule has 110 valence electrons. The molecule has 0 atom stereocenters. The van der Waals surface area contributed by atoms with Gasteiger partial charge in [0, 0.05) is 18.5 Å². The van der Waals surface area contributed by atoms with E-state index >= 15 is 0 Å². The van der Waals surface area contributed by atoms with Gasteiger partial charge in [-0.2, -0.15) is 0 Å². The Hall–Kier alpha value is -2.20. The number of ether oxygens (including phenoxy) is 1. The van der Waals surface area contributed by atoms with Crippen molar-refractivity contribution in [1.29, 1.82) is 0 Å². The van der Waals surface area contributed by atoms with E-state index in [0.717, 1.165) is 11.1 Å². The third-order valence-corrected chi connectivity index (χ3v) is 3.39. The number of phenols is 1. The summed E-state index contributed by atoms with van der Waals surface area (Å²) >= 11 is 5.72. The minimum atomic E-state index is -0.337. The van der Waals surface area contributed by atoms with Crippen molar-refractivity contribution in [1.82, 2.24) is 5.32 Å². The second-order valence-corrected chi connectivity index (χ2v) is 4.78. The fourth-order valence-electron chi connectivity index (χ4n) is 1.85. The summed E-state index contributed by atoms with van der Waals surface area (Å²) in [5.74, 6) is 0.522. The highest BCUT2D eigenvalue weighted by Gasteiger charge is 2.11. The van der Waals surface area contributed by atoms with E-state index in [4.69, 9.17) is 16.3 Å². The summed E-state index contributed by atoms with van der Waals surface area (Å²) in [6, 6.07) is 12.2. The predicted octanol–water partition coefficient (Wildman–Crippen LogP) is 3.07. The van der Waals surface area contributed by atoms with Crippen molar-refractivity contribution >= 4 is 17.5 Å². The van der Waals surface area contributed by atoms with Crippen molar-refractivity contribution in [3.8, 4) is 11.5 Å². The van der Waals surface area contributed by atoms with Crippen molar-refractivity contribution < 1.29 is 14.6 Å². The summed E-state index contributed by atoms with van der Waals surface area (Å²) in [7, 11) is 1.50. The normalized spacial score (nSPS) is 10.2. The molecule has 0 bridgehead atoms. The minimum Gasteiger partial charge on any atom is -0.507 e. The summed E-state index contributed by atoms with van der Waals surface area (Å²) < 4.78 is 4.98. The molecule has 0 aliphatic carbocycles. The lowest BCUT2D eigenvalue weighted by molar-refractivity contribution is 0.0948. The predicted molar refractivity (Wildman–Crippen MR) is 81.8 cm³/mol. The number of methoxy groups -OCH3 is 1. The molecule has 1 amide bonds. The Bertz CT molecular complexity index is 626. The van der Waals surface area contributed by atoms with E-state index in [1.807, 2.05) is 24.3 Å². The highest BCUT2D eigenvalue weighted by atomic mass is 35.5. The maximum absolute atomic E-state index is 12.0. The van der Waals surface area contributed by atoms with Crippen LogP contribution in [0.5, 0.6) is 11.5 Å². The number of carbonyl (C=O) groups is 1. The van der Waals surface area contributed by atoms with E-state index in [-0.39, 0.29) is 17.2 Å². The Balaban J connectivity index is 2.00. The van der Waals surface area contributed by atoms with Crippen LogP contribution in [0.2, 0.25) is 0 Å². The van der Waals surface area contributed by atoms with Gasteiger partial charge in [0.25, 0.3) is 5.91 Å². The zero-order chi connectivity index (χ0) is 15.2. The van der Waals surface area contributed by atoms with E-state index in [2.05, 4.69) is 5.32 Å². The number of nitrogens with one attached hydrogen (secondary N) is 1. The number of rotatable bonds is 5. The number of aromatic hydroxyl groups is 1. The van der Waals surface area contributed by atoms with Gasteiger partial charge in [-0.15, -0.1) is 11.6 Å². The van der Waals surface area contributed by atoms with Gasteiger partial charge in [0.15, 0.2) is 0 Å². The first-order valence-corrected chi connectivity index (χ1v) is 6.96. The molecule has 2 rings (SSSR count). The number of hydrogen-bond acceptors (Lipinski definition) is 3. The lowest BCUT2D eigenvalue weighted by Crippen LogP contribution is -2.22. The molecular weight excluding hydrogens is 290 g/mol. The Kier molecular flexibility index (Phi) is 5.06. The number of hydrogen-bond donors (Lipinski definition) is 2. The molecule has 0 unspecified atom stereocenters. The fraction of sp³-hybridized carbons (Fsp3) is 0.188. The van der Waals surface area contributed by atoms with Crippen molar-refractivity contribution in [2.24, 2.45) is 0 Å². The van der Waals surface area contributed by atoms with Gasteiger partial charge in [0.05, 0.1) is 12.7 Å². The van der Waals surface area contributed by atoms with Crippen LogP contribution < -0.4 is 10.1 Å². The summed E-state index contributed by atoms with van der Waals surface area (Å²) in [4.78, 5) is 12.0. The number of alkyl halides is 1. The molecule has 0 saturated heterocycles. The SMILES string of the molecule is COc1ccc(C(=O)NCc2ccc(CCl)cc2)c(O)c1. The van der Waals surface area contributed by atoms with Gasteiger partial charge < -0.3 is 15.2 Å². The molecule has 4 nitrogen and oxygen atoms in total. The summed E-state index contributed by atoms with van der Waals surface area (Å²) in [5.41, 5.74) is 2.21. The average molecular weight is 306 g/mol. The minimum absolute atomic E-state index is 0.107. The Morgan fingerprint density at radius 3 is 2.43 bits per heavy atom. The van der Waals surface area contributed by atoms with Gasteiger partial charge in [-0.1, -0.05) is 24.3 Å². The second kappa shape index (κ2) is 6.99. The molecule has 0 aromatic heterocycles. The lowest BCUT2D eigenvalue weighted by atomic mass is 10.1. The first-order chi connectivity index (χ1) is 10.1. The molecule has 2 aromatic rings. The van der Waals surface area contributed by atoms with Gasteiger partial charge >= 0.3 is 0 Å². The van der Waals surface area contributed by atoms with Crippen LogP contribution in [0.4, 0.5) is 0 Å². The largest absolute Gasteiger partial charge is 0.507 e. The zero-order valence-corrected chi connectivity index (χ0v) is 12.4. The third kappa shape index (κ3) is 3.89. The first-order valence-electron chi connectivity index (χ1n) is 6.43. The summed E-state index contributed by atoms with van der Waals surface area (Å²) in [6.45, 7) is 0.382. The maximum atomic E-state index is 12.0. The topological polar surface area (TPSA) is 58.6 Å². The lowest BCUT2D eigenvalue weighted by Gasteiger charge is -2.08. The first kappa shape index (κ1) is 15.2. The van der Waals surface area contributed by atoms with Crippen LogP contribution in [0, 0.1) is 0 Å². The molecule has 5 heteroatoms. The number of carbonyl (C=O) groups excluding carboxylic acids is 1. The Morgan fingerprint density at radius 2 is 1.86 bits per heavy atom. The van der Waals surface area contributed by atoms with Crippen LogP contribution in [0.1, 0.15) is 21.5 Å². The standard InChI is InChI=1S/C16H16ClNO3/c1-21-13-6-7-14(15(19)8-13)16(20)18-10-12-4-2-11(9-17)3-5-12/h2-8,19H,9-10H2,1H3,(H,18,20). The number of benzene rings is 2. The molecular formula is C16H16ClNO3. The fourth-order valence-corrected chi connectivity index (χ4v) is 2.03.